The van der Waals surface area contributed by atoms with Crippen molar-refractivity contribution in [1.29, 1.82) is 0 Å². The molecule has 200 valence electrons. The lowest BCUT2D eigenvalue weighted by Crippen LogP contribution is -2.43. The smallest absolute Gasteiger partial charge is 0.0649 e. The molecule has 0 saturated heterocycles. The van der Waals surface area contributed by atoms with E-state index in [1.807, 2.05) is 0 Å². The number of rotatable bonds is 8. The van der Waals surface area contributed by atoms with E-state index in [1.165, 1.54) is 43.0 Å². The molecule has 0 unspecified atom stereocenters. The van der Waals surface area contributed by atoms with Gasteiger partial charge < -0.3 is 5.73 Å². The second kappa shape index (κ2) is 12.3. The molecule has 0 aliphatic rings. The zero-order chi connectivity index (χ0) is 28.1. The van der Waals surface area contributed by atoms with Gasteiger partial charge in [-0.3, -0.25) is 0 Å². The summed E-state index contributed by atoms with van der Waals surface area (Å²) < 4.78 is 0. The molecule has 0 aliphatic heterocycles. The van der Waals surface area contributed by atoms with Gasteiger partial charge in [-0.15, -0.1) is 0 Å². The highest BCUT2D eigenvalue weighted by molar-refractivity contribution is 7.80. The molecule has 6 rings (SSSR count). The van der Waals surface area contributed by atoms with Crippen LogP contribution < -0.4 is 37.6 Å². The van der Waals surface area contributed by atoms with Crippen LogP contribution in [0.1, 0.15) is 18.1 Å². The van der Waals surface area contributed by atoms with E-state index in [9.17, 15) is 0 Å². The van der Waals surface area contributed by atoms with Gasteiger partial charge in [0.15, 0.2) is 0 Å². The van der Waals surface area contributed by atoms with Crippen LogP contribution in [0, 0.1) is 0 Å². The summed E-state index contributed by atoms with van der Waals surface area (Å²) in [5.41, 5.74) is 9.19. The van der Waals surface area contributed by atoms with Gasteiger partial charge in [-0.05, 0) is 65.7 Å². The van der Waals surface area contributed by atoms with Gasteiger partial charge in [0.2, 0.25) is 0 Å². The fourth-order valence-corrected chi connectivity index (χ4v) is 10.7. The summed E-state index contributed by atoms with van der Waals surface area (Å²) in [6.07, 6.45) is 0. The maximum atomic E-state index is 7.57. The van der Waals surface area contributed by atoms with Crippen LogP contribution in [-0.4, -0.2) is 0 Å². The second-order valence-corrected chi connectivity index (χ2v) is 14.6. The number of hydrogen-bond acceptors (Lipinski definition) is 1. The predicted molar refractivity (Wildman–Crippen MR) is 181 cm³/mol. The SMILES string of the molecule is CC(N)(c1ccccc1P(c1ccccc1)c1ccccc1)c1ccccc1P(c1ccccc1)c1ccccc1. The van der Waals surface area contributed by atoms with E-state index in [0.717, 1.165) is 0 Å². The van der Waals surface area contributed by atoms with Crippen LogP contribution in [0.4, 0.5) is 0 Å². The zero-order valence-corrected chi connectivity index (χ0v) is 24.9. The first kappa shape index (κ1) is 27.3. The van der Waals surface area contributed by atoms with Gasteiger partial charge in [-0.25, -0.2) is 0 Å². The highest BCUT2D eigenvalue weighted by atomic mass is 31.1. The summed E-state index contributed by atoms with van der Waals surface area (Å²) in [6.45, 7) is 2.19. The summed E-state index contributed by atoms with van der Waals surface area (Å²) in [4.78, 5) is 0. The molecule has 3 heteroatoms. The normalized spacial score (nSPS) is 11.6. The van der Waals surface area contributed by atoms with Crippen molar-refractivity contribution >= 4 is 47.7 Å². The van der Waals surface area contributed by atoms with Crippen LogP contribution in [0.15, 0.2) is 170 Å². The third kappa shape index (κ3) is 5.68. The molecule has 0 spiro atoms. The molecule has 2 N–H and O–H groups in total. The minimum absolute atomic E-state index is 0.721. The molecule has 6 aromatic rings. The van der Waals surface area contributed by atoms with Crippen molar-refractivity contribution in [3.8, 4) is 0 Å². The first-order valence-electron chi connectivity index (χ1n) is 13.9. The molecule has 0 fully saturated rings. The monoisotopic (exact) mass is 565 g/mol. The van der Waals surface area contributed by atoms with E-state index < -0.39 is 21.4 Å². The molecular weight excluding hydrogens is 532 g/mol. The molecular formula is C38H33NP2. The Balaban J connectivity index is 1.55. The highest BCUT2D eigenvalue weighted by Gasteiger charge is 2.33. The van der Waals surface area contributed by atoms with E-state index in [0.29, 0.717) is 0 Å². The van der Waals surface area contributed by atoms with Crippen LogP contribution >= 0.6 is 15.8 Å². The lowest BCUT2D eigenvalue weighted by molar-refractivity contribution is 0.611. The van der Waals surface area contributed by atoms with E-state index in [2.05, 4.69) is 177 Å². The fraction of sp³-hybridized carbons (Fsp3) is 0.0526. The molecule has 0 heterocycles. The molecule has 0 aliphatic carbocycles. The molecule has 0 amide bonds. The lowest BCUT2D eigenvalue weighted by Gasteiger charge is -2.34. The Kier molecular flexibility index (Phi) is 8.22. The predicted octanol–water partition coefficient (Wildman–Crippen LogP) is 6.43. The van der Waals surface area contributed by atoms with Crippen LogP contribution in [0.5, 0.6) is 0 Å². The summed E-state index contributed by atoms with van der Waals surface area (Å²) in [5.74, 6) is 0. The van der Waals surface area contributed by atoms with Crippen molar-refractivity contribution in [2.45, 2.75) is 12.5 Å². The maximum Gasteiger partial charge on any atom is 0.0649 e. The Morgan fingerprint density at radius 2 is 0.610 bits per heavy atom. The largest absolute Gasteiger partial charge is 0.318 e. The molecule has 0 bridgehead atoms. The first-order chi connectivity index (χ1) is 20.1. The number of benzene rings is 6. The van der Waals surface area contributed by atoms with Gasteiger partial charge in [0.25, 0.3) is 0 Å². The van der Waals surface area contributed by atoms with Gasteiger partial charge in [-0.1, -0.05) is 170 Å². The number of hydrogen-bond donors (Lipinski definition) is 1. The van der Waals surface area contributed by atoms with E-state index in [4.69, 9.17) is 5.73 Å². The molecule has 0 saturated carbocycles. The molecule has 0 aromatic heterocycles. The molecule has 41 heavy (non-hydrogen) atoms. The van der Waals surface area contributed by atoms with Gasteiger partial charge in [0.1, 0.15) is 0 Å². The van der Waals surface area contributed by atoms with Crippen LogP contribution in [0.25, 0.3) is 0 Å². The van der Waals surface area contributed by atoms with Crippen LogP contribution in [0.3, 0.4) is 0 Å². The molecule has 6 aromatic carbocycles. The molecule has 1 nitrogen and oxygen atoms in total. The van der Waals surface area contributed by atoms with Crippen molar-refractivity contribution in [2.24, 2.45) is 5.73 Å². The third-order valence-corrected chi connectivity index (χ3v) is 12.5. The summed E-state index contributed by atoms with van der Waals surface area (Å²) in [7, 11) is -1.62. The van der Waals surface area contributed by atoms with E-state index >= 15 is 0 Å². The zero-order valence-electron chi connectivity index (χ0n) is 23.1. The van der Waals surface area contributed by atoms with Gasteiger partial charge >= 0.3 is 0 Å². The average Bonchev–Trinajstić information content (AvgIpc) is 3.04. The fourth-order valence-electron chi connectivity index (χ4n) is 5.52. The maximum absolute atomic E-state index is 7.57. The van der Waals surface area contributed by atoms with E-state index in [-0.39, 0.29) is 0 Å². The Morgan fingerprint density at radius 1 is 0.366 bits per heavy atom. The Hall–Kier alpha value is -3.86. The minimum Gasteiger partial charge on any atom is -0.318 e. The summed E-state index contributed by atoms with van der Waals surface area (Å²) >= 11 is 0. The Morgan fingerprint density at radius 3 is 0.902 bits per heavy atom. The standard InChI is InChI=1S/C38H33NP2/c1-38(39,34-26-14-16-28-36(34)40(30-18-6-2-7-19-30)31-20-8-3-9-21-31)35-27-15-17-29-37(35)41(32-22-10-4-11-23-32)33-24-12-5-13-25-33/h2-29H,39H2,1H3. The summed E-state index contributed by atoms with van der Waals surface area (Å²) in [6, 6.07) is 61.1. The van der Waals surface area contributed by atoms with Crippen molar-refractivity contribution in [2.75, 3.05) is 0 Å². The summed E-state index contributed by atoms with van der Waals surface area (Å²) in [5, 5.41) is 7.87. The van der Waals surface area contributed by atoms with Crippen LogP contribution in [-0.2, 0) is 5.54 Å². The topological polar surface area (TPSA) is 26.0 Å². The van der Waals surface area contributed by atoms with Crippen molar-refractivity contribution < 1.29 is 0 Å². The second-order valence-electron chi connectivity index (χ2n) is 10.2. The first-order valence-corrected chi connectivity index (χ1v) is 16.6. The minimum atomic E-state index is -0.809. The van der Waals surface area contributed by atoms with Crippen molar-refractivity contribution in [1.82, 2.24) is 0 Å². The quantitative estimate of drug-likeness (QED) is 0.212. The van der Waals surface area contributed by atoms with Crippen LogP contribution in [0.2, 0.25) is 0 Å². The van der Waals surface area contributed by atoms with E-state index in [1.54, 1.807) is 0 Å². The molecule has 0 atom stereocenters. The highest BCUT2D eigenvalue weighted by Crippen LogP contribution is 2.41. The molecule has 0 radical (unpaired) electrons. The van der Waals surface area contributed by atoms with Crippen molar-refractivity contribution in [3.63, 3.8) is 0 Å². The Bertz CT molecular complexity index is 1490. The Labute approximate surface area is 246 Å². The lowest BCUT2D eigenvalue weighted by atomic mass is 9.85. The van der Waals surface area contributed by atoms with Gasteiger partial charge in [-0.2, -0.15) is 0 Å². The third-order valence-electron chi connectivity index (χ3n) is 7.47. The average molecular weight is 566 g/mol. The van der Waals surface area contributed by atoms with Gasteiger partial charge in [0, 0.05) is 0 Å². The van der Waals surface area contributed by atoms with Gasteiger partial charge in [0.05, 0.1) is 5.54 Å². The van der Waals surface area contributed by atoms with Crippen molar-refractivity contribution in [3.05, 3.63) is 181 Å². The number of nitrogens with two attached hydrogens (primary N) is 1.